The van der Waals surface area contributed by atoms with Crippen molar-refractivity contribution in [3.05, 3.63) is 59.1 Å². The Bertz CT molecular complexity index is 909. The summed E-state index contributed by atoms with van der Waals surface area (Å²) in [6.45, 7) is 1.03. The molecular formula is C22H24ClN3O4. The van der Waals surface area contributed by atoms with E-state index in [0.717, 1.165) is 0 Å². The number of piperidine rings is 1. The average molecular weight is 430 g/mol. The zero-order valence-corrected chi connectivity index (χ0v) is 17.4. The summed E-state index contributed by atoms with van der Waals surface area (Å²) in [6, 6.07) is 13.8. The van der Waals surface area contributed by atoms with Crippen molar-refractivity contribution in [3.8, 4) is 0 Å². The Labute approximate surface area is 180 Å². The van der Waals surface area contributed by atoms with E-state index in [0.29, 0.717) is 47.9 Å². The monoisotopic (exact) mass is 429 g/mol. The second kappa shape index (κ2) is 10.2. The van der Waals surface area contributed by atoms with E-state index in [1.807, 2.05) is 0 Å². The van der Waals surface area contributed by atoms with Gasteiger partial charge in [-0.25, -0.2) is 0 Å². The number of halogens is 1. The Morgan fingerprint density at radius 1 is 1.03 bits per heavy atom. The minimum Gasteiger partial charge on any atom is -0.375 e. The molecule has 1 heterocycles. The first-order valence-corrected chi connectivity index (χ1v) is 10.1. The molecule has 30 heavy (non-hydrogen) atoms. The van der Waals surface area contributed by atoms with Gasteiger partial charge in [-0.2, -0.15) is 0 Å². The number of methoxy groups -OCH3 is 1. The minimum absolute atomic E-state index is 0.0169. The zero-order valence-electron chi connectivity index (χ0n) is 16.7. The first-order chi connectivity index (χ1) is 14.5. The van der Waals surface area contributed by atoms with Crippen LogP contribution in [0.15, 0.2) is 48.5 Å². The molecule has 1 aliphatic heterocycles. The smallest absolute Gasteiger partial charge is 0.253 e. The van der Waals surface area contributed by atoms with E-state index >= 15 is 0 Å². The predicted octanol–water partition coefficient (Wildman–Crippen LogP) is 3.42. The lowest BCUT2D eigenvalue weighted by Gasteiger charge is -2.31. The molecule has 2 N–H and O–H groups in total. The molecule has 0 bridgehead atoms. The van der Waals surface area contributed by atoms with E-state index in [2.05, 4.69) is 10.6 Å². The van der Waals surface area contributed by atoms with Crippen molar-refractivity contribution in [2.75, 3.05) is 37.4 Å². The molecule has 1 aliphatic rings. The summed E-state index contributed by atoms with van der Waals surface area (Å²) in [6.07, 6.45) is 1.20. The van der Waals surface area contributed by atoms with Crippen LogP contribution in [0.3, 0.4) is 0 Å². The lowest BCUT2D eigenvalue weighted by Crippen LogP contribution is -2.41. The Morgan fingerprint density at radius 3 is 2.27 bits per heavy atom. The van der Waals surface area contributed by atoms with Crippen LogP contribution in [0.25, 0.3) is 0 Å². The summed E-state index contributed by atoms with van der Waals surface area (Å²) >= 11 is 5.97. The SMILES string of the molecule is COCC(=O)Nc1ccc(NC(=O)C2CCN(C(=O)c3cccc(Cl)c3)CC2)cc1. The normalized spacial score (nSPS) is 14.3. The summed E-state index contributed by atoms with van der Waals surface area (Å²) in [5.74, 6) is -0.536. The quantitative estimate of drug-likeness (QED) is 0.736. The molecule has 0 aliphatic carbocycles. The number of rotatable bonds is 6. The Balaban J connectivity index is 1.49. The van der Waals surface area contributed by atoms with Crippen LogP contribution in [0, 0.1) is 5.92 Å². The molecule has 0 atom stereocenters. The van der Waals surface area contributed by atoms with Crippen LogP contribution in [0.1, 0.15) is 23.2 Å². The van der Waals surface area contributed by atoms with Crippen LogP contribution in [0.4, 0.5) is 11.4 Å². The summed E-state index contributed by atoms with van der Waals surface area (Å²) in [5.41, 5.74) is 1.84. The van der Waals surface area contributed by atoms with Gasteiger partial charge in [-0.3, -0.25) is 14.4 Å². The van der Waals surface area contributed by atoms with Gasteiger partial charge in [-0.15, -0.1) is 0 Å². The molecule has 7 nitrogen and oxygen atoms in total. The fourth-order valence-electron chi connectivity index (χ4n) is 3.36. The summed E-state index contributed by atoms with van der Waals surface area (Å²) in [5, 5.41) is 6.13. The number of amides is 3. The lowest BCUT2D eigenvalue weighted by molar-refractivity contribution is -0.121. The first kappa shape index (κ1) is 21.8. The molecule has 1 saturated heterocycles. The maximum atomic E-state index is 12.6. The number of nitrogens with zero attached hydrogens (tertiary/aromatic N) is 1. The Hall–Kier alpha value is -2.90. The Kier molecular flexibility index (Phi) is 7.43. The molecule has 3 amide bonds. The highest BCUT2D eigenvalue weighted by atomic mass is 35.5. The van der Waals surface area contributed by atoms with Crippen LogP contribution in [0.5, 0.6) is 0 Å². The van der Waals surface area contributed by atoms with Crippen LogP contribution >= 0.6 is 11.6 Å². The zero-order chi connectivity index (χ0) is 21.5. The molecule has 0 spiro atoms. The third-order valence-electron chi connectivity index (χ3n) is 4.94. The lowest BCUT2D eigenvalue weighted by atomic mass is 9.95. The van der Waals surface area contributed by atoms with E-state index in [9.17, 15) is 14.4 Å². The van der Waals surface area contributed by atoms with Crippen LogP contribution in [0.2, 0.25) is 5.02 Å². The van der Waals surface area contributed by atoms with Crippen LogP contribution in [-0.4, -0.2) is 49.4 Å². The number of carbonyl (C=O) groups is 3. The number of hydrogen-bond acceptors (Lipinski definition) is 4. The average Bonchev–Trinajstić information content (AvgIpc) is 2.75. The van der Waals surface area contributed by atoms with Crippen molar-refractivity contribution < 1.29 is 19.1 Å². The molecule has 1 fully saturated rings. The van der Waals surface area contributed by atoms with Gasteiger partial charge in [0.15, 0.2) is 0 Å². The largest absolute Gasteiger partial charge is 0.375 e. The second-order valence-electron chi connectivity index (χ2n) is 7.12. The van der Waals surface area contributed by atoms with Gasteiger partial charge < -0.3 is 20.3 Å². The molecule has 0 radical (unpaired) electrons. The summed E-state index contributed by atoms with van der Waals surface area (Å²) in [4.78, 5) is 38.5. The molecule has 0 aromatic heterocycles. The van der Waals surface area contributed by atoms with Crippen molar-refractivity contribution in [2.24, 2.45) is 5.92 Å². The fraction of sp³-hybridized carbons (Fsp3) is 0.318. The molecule has 158 valence electrons. The van der Waals surface area contributed by atoms with E-state index in [-0.39, 0.29) is 30.2 Å². The van der Waals surface area contributed by atoms with Gasteiger partial charge in [-0.05, 0) is 55.3 Å². The van der Waals surface area contributed by atoms with E-state index in [4.69, 9.17) is 16.3 Å². The maximum absolute atomic E-state index is 12.6. The van der Waals surface area contributed by atoms with E-state index in [1.165, 1.54) is 7.11 Å². The molecular weight excluding hydrogens is 406 g/mol. The van der Waals surface area contributed by atoms with Gasteiger partial charge in [0, 0.05) is 48.1 Å². The third-order valence-corrected chi connectivity index (χ3v) is 5.17. The molecule has 3 rings (SSSR count). The third kappa shape index (κ3) is 5.81. The number of carbonyl (C=O) groups excluding carboxylic acids is 3. The highest BCUT2D eigenvalue weighted by Crippen LogP contribution is 2.22. The minimum atomic E-state index is -0.242. The highest BCUT2D eigenvalue weighted by Gasteiger charge is 2.28. The summed E-state index contributed by atoms with van der Waals surface area (Å²) in [7, 11) is 1.45. The van der Waals surface area contributed by atoms with E-state index in [1.54, 1.807) is 53.4 Å². The number of benzene rings is 2. The molecule has 0 unspecified atom stereocenters. The number of likely N-dealkylation sites (tertiary alicyclic amines) is 1. The van der Waals surface area contributed by atoms with Gasteiger partial charge >= 0.3 is 0 Å². The van der Waals surface area contributed by atoms with Crippen molar-refractivity contribution in [3.63, 3.8) is 0 Å². The standard InChI is InChI=1S/C22H24ClN3O4/c1-30-14-20(27)24-18-5-7-19(8-6-18)25-21(28)15-9-11-26(12-10-15)22(29)16-3-2-4-17(23)13-16/h2-8,13,15H,9-12,14H2,1H3,(H,24,27)(H,25,28). The summed E-state index contributed by atoms with van der Waals surface area (Å²) < 4.78 is 4.77. The fourth-order valence-corrected chi connectivity index (χ4v) is 3.55. The Morgan fingerprint density at radius 2 is 1.67 bits per heavy atom. The van der Waals surface area contributed by atoms with Crippen molar-refractivity contribution in [2.45, 2.75) is 12.8 Å². The van der Waals surface area contributed by atoms with Crippen LogP contribution in [-0.2, 0) is 14.3 Å². The molecule has 0 saturated carbocycles. The van der Waals surface area contributed by atoms with Gasteiger partial charge in [0.2, 0.25) is 11.8 Å². The van der Waals surface area contributed by atoms with Gasteiger partial charge in [0.1, 0.15) is 6.61 Å². The number of ether oxygens (including phenoxy) is 1. The van der Waals surface area contributed by atoms with Crippen molar-refractivity contribution in [1.29, 1.82) is 0 Å². The second-order valence-corrected chi connectivity index (χ2v) is 7.56. The van der Waals surface area contributed by atoms with Gasteiger partial charge in [-0.1, -0.05) is 17.7 Å². The number of anilines is 2. The van der Waals surface area contributed by atoms with Gasteiger partial charge in [0.05, 0.1) is 0 Å². The molecule has 2 aromatic carbocycles. The predicted molar refractivity (Wildman–Crippen MR) is 116 cm³/mol. The molecule has 2 aromatic rings. The van der Waals surface area contributed by atoms with Crippen molar-refractivity contribution in [1.82, 2.24) is 4.90 Å². The van der Waals surface area contributed by atoms with Crippen LogP contribution < -0.4 is 10.6 Å². The number of hydrogen-bond donors (Lipinski definition) is 2. The van der Waals surface area contributed by atoms with Crippen molar-refractivity contribution >= 4 is 40.7 Å². The number of nitrogens with one attached hydrogen (secondary N) is 2. The van der Waals surface area contributed by atoms with E-state index < -0.39 is 0 Å². The maximum Gasteiger partial charge on any atom is 0.253 e. The molecule has 8 heteroatoms. The first-order valence-electron chi connectivity index (χ1n) is 9.71. The highest BCUT2D eigenvalue weighted by molar-refractivity contribution is 6.30. The topological polar surface area (TPSA) is 87.7 Å². The van der Waals surface area contributed by atoms with Gasteiger partial charge in [0.25, 0.3) is 5.91 Å².